The monoisotopic (exact) mass is 342 g/mol. The maximum absolute atomic E-state index is 12.6. The minimum atomic E-state index is -0.459. The molecule has 1 amide bonds. The summed E-state index contributed by atoms with van der Waals surface area (Å²) in [5.41, 5.74) is 4.41. The lowest BCUT2D eigenvalue weighted by atomic mass is 9.97. The summed E-state index contributed by atoms with van der Waals surface area (Å²) in [5.74, 6) is 0.201. The molecule has 3 rings (SSSR count). The molecule has 134 valence electrons. The Labute approximate surface area is 148 Å². The Kier molecular flexibility index (Phi) is 5.18. The number of β-amino-alcohol motifs (C(OH)–C–C–N with tert-alkyl or cyclic N) is 1. The van der Waals surface area contributed by atoms with Crippen LogP contribution in [0.4, 0.5) is 0 Å². The van der Waals surface area contributed by atoms with Crippen molar-refractivity contribution in [3.05, 3.63) is 47.0 Å². The van der Waals surface area contributed by atoms with Crippen LogP contribution in [0, 0.1) is 19.8 Å². The van der Waals surface area contributed by atoms with Crippen molar-refractivity contribution in [1.29, 1.82) is 0 Å². The molecular formula is C19H26N4O2. The van der Waals surface area contributed by atoms with Crippen LogP contribution in [-0.2, 0) is 24.7 Å². The molecule has 2 atom stereocenters. The fourth-order valence-electron chi connectivity index (χ4n) is 3.65. The molecule has 3 heterocycles. The van der Waals surface area contributed by atoms with Crippen LogP contribution in [0.25, 0.3) is 0 Å². The molecule has 0 aromatic carbocycles. The SMILES string of the molecule is Cc1nn(C)c(C)c1CCC(=O)N1C[C@@H](Cc2ccncc2)[C@@H](O)C1. The molecule has 0 saturated carbocycles. The lowest BCUT2D eigenvalue weighted by molar-refractivity contribution is -0.130. The Bertz CT molecular complexity index is 741. The van der Waals surface area contributed by atoms with E-state index in [4.69, 9.17) is 0 Å². The Balaban J connectivity index is 1.56. The van der Waals surface area contributed by atoms with E-state index in [-0.39, 0.29) is 11.8 Å². The Morgan fingerprint density at radius 3 is 2.64 bits per heavy atom. The number of carbonyl (C=O) groups excluding carboxylic acids is 1. The molecule has 0 aliphatic carbocycles. The summed E-state index contributed by atoms with van der Waals surface area (Å²) in [7, 11) is 1.92. The predicted molar refractivity (Wildman–Crippen MR) is 95.0 cm³/mol. The Morgan fingerprint density at radius 2 is 2.00 bits per heavy atom. The van der Waals surface area contributed by atoms with Crippen molar-refractivity contribution in [3.63, 3.8) is 0 Å². The van der Waals surface area contributed by atoms with Gasteiger partial charge in [0, 0.05) is 50.6 Å². The van der Waals surface area contributed by atoms with Crippen molar-refractivity contribution in [2.75, 3.05) is 13.1 Å². The average Bonchev–Trinajstić information content (AvgIpc) is 3.07. The van der Waals surface area contributed by atoms with Crippen molar-refractivity contribution < 1.29 is 9.90 Å². The number of rotatable bonds is 5. The number of aliphatic hydroxyl groups excluding tert-OH is 1. The van der Waals surface area contributed by atoms with Crippen molar-refractivity contribution in [2.45, 2.75) is 39.2 Å². The molecule has 2 aromatic heterocycles. The van der Waals surface area contributed by atoms with E-state index >= 15 is 0 Å². The van der Waals surface area contributed by atoms with Crippen LogP contribution in [0.2, 0.25) is 0 Å². The van der Waals surface area contributed by atoms with Gasteiger partial charge in [0.1, 0.15) is 0 Å². The third-order valence-electron chi connectivity index (χ3n) is 5.25. The Hall–Kier alpha value is -2.21. The van der Waals surface area contributed by atoms with Gasteiger partial charge in [0.05, 0.1) is 11.8 Å². The van der Waals surface area contributed by atoms with E-state index in [1.54, 1.807) is 17.3 Å². The zero-order chi connectivity index (χ0) is 18.0. The van der Waals surface area contributed by atoms with E-state index in [0.29, 0.717) is 25.9 Å². The second-order valence-corrected chi connectivity index (χ2v) is 6.96. The van der Waals surface area contributed by atoms with Gasteiger partial charge in [0.15, 0.2) is 0 Å². The second kappa shape index (κ2) is 7.35. The van der Waals surface area contributed by atoms with Gasteiger partial charge in [0.25, 0.3) is 0 Å². The molecular weight excluding hydrogens is 316 g/mol. The number of aryl methyl sites for hydroxylation is 2. The summed E-state index contributed by atoms with van der Waals surface area (Å²) >= 11 is 0. The van der Waals surface area contributed by atoms with Crippen molar-refractivity contribution >= 4 is 5.91 Å². The molecule has 2 aromatic rings. The number of hydrogen-bond donors (Lipinski definition) is 1. The average molecular weight is 342 g/mol. The van der Waals surface area contributed by atoms with Crippen LogP contribution in [-0.4, -0.2) is 49.9 Å². The van der Waals surface area contributed by atoms with Gasteiger partial charge in [-0.05, 0) is 49.9 Å². The van der Waals surface area contributed by atoms with E-state index in [9.17, 15) is 9.90 Å². The van der Waals surface area contributed by atoms with Gasteiger partial charge < -0.3 is 10.0 Å². The number of aromatic nitrogens is 3. The fraction of sp³-hybridized carbons (Fsp3) is 0.526. The minimum absolute atomic E-state index is 0.0909. The topological polar surface area (TPSA) is 71.2 Å². The van der Waals surface area contributed by atoms with Gasteiger partial charge in [-0.3, -0.25) is 14.5 Å². The van der Waals surface area contributed by atoms with Crippen molar-refractivity contribution in [1.82, 2.24) is 19.7 Å². The zero-order valence-corrected chi connectivity index (χ0v) is 15.1. The first-order valence-corrected chi connectivity index (χ1v) is 8.79. The highest BCUT2D eigenvalue weighted by Gasteiger charge is 2.33. The molecule has 0 spiro atoms. The first-order chi connectivity index (χ1) is 12.0. The first-order valence-electron chi connectivity index (χ1n) is 8.79. The lowest BCUT2D eigenvalue weighted by Crippen LogP contribution is -2.29. The smallest absolute Gasteiger partial charge is 0.223 e. The van der Waals surface area contributed by atoms with Crippen LogP contribution >= 0.6 is 0 Å². The number of hydrogen-bond acceptors (Lipinski definition) is 4. The highest BCUT2D eigenvalue weighted by Crippen LogP contribution is 2.23. The largest absolute Gasteiger partial charge is 0.391 e. The quantitative estimate of drug-likeness (QED) is 0.892. The van der Waals surface area contributed by atoms with E-state index < -0.39 is 6.10 Å². The summed E-state index contributed by atoms with van der Waals surface area (Å²) in [4.78, 5) is 18.4. The van der Waals surface area contributed by atoms with Crippen molar-refractivity contribution in [2.24, 2.45) is 13.0 Å². The first kappa shape index (κ1) is 17.6. The van der Waals surface area contributed by atoms with Gasteiger partial charge in [0.2, 0.25) is 5.91 Å². The van der Waals surface area contributed by atoms with Crippen LogP contribution in [0.3, 0.4) is 0 Å². The van der Waals surface area contributed by atoms with E-state index in [0.717, 1.165) is 28.9 Å². The molecule has 0 unspecified atom stereocenters. The minimum Gasteiger partial charge on any atom is -0.391 e. The summed E-state index contributed by atoms with van der Waals surface area (Å²) in [6.45, 7) is 5.06. The maximum Gasteiger partial charge on any atom is 0.223 e. The number of carbonyl (C=O) groups is 1. The molecule has 25 heavy (non-hydrogen) atoms. The second-order valence-electron chi connectivity index (χ2n) is 6.96. The van der Waals surface area contributed by atoms with Crippen molar-refractivity contribution in [3.8, 4) is 0 Å². The third-order valence-corrected chi connectivity index (χ3v) is 5.25. The molecule has 1 aliphatic heterocycles. The molecule has 1 fully saturated rings. The van der Waals surface area contributed by atoms with Crippen LogP contribution in [0.1, 0.15) is 28.9 Å². The number of nitrogens with zero attached hydrogens (tertiary/aromatic N) is 4. The molecule has 0 bridgehead atoms. The van der Waals surface area contributed by atoms with Gasteiger partial charge >= 0.3 is 0 Å². The molecule has 1 N–H and O–H groups in total. The fourth-order valence-corrected chi connectivity index (χ4v) is 3.65. The van der Waals surface area contributed by atoms with Gasteiger partial charge in [-0.25, -0.2) is 0 Å². The number of aliphatic hydroxyl groups is 1. The molecule has 1 aliphatic rings. The van der Waals surface area contributed by atoms with Gasteiger partial charge in [-0.15, -0.1) is 0 Å². The van der Waals surface area contributed by atoms with E-state index in [1.807, 2.05) is 37.7 Å². The normalized spacial score (nSPS) is 20.2. The van der Waals surface area contributed by atoms with Gasteiger partial charge in [-0.2, -0.15) is 5.10 Å². The van der Waals surface area contributed by atoms with E-state index in [1.165, 1.54) is 0 Å². The summed E-state index contributed by atoms with van der Waals surface area (Å²) in [6, 6.07) is 3.93. The molecule has 1 saturated heterocycles. The third kappa shape index (κ3) is 3.90. The summed E-state index contributed by atoms with van der Waals surface area (Å²) < 4.78 is 1.86. The lowest BCUT2D eigenvalue weighted by Gasteiger charge is -2.16. The number of likely N-dealkylation sites (tertiary alicyclic amines) is 1. The molecule has 6 heteroatoms. The predicted octanol–water partition coefficient (Wildman–Crippen LogP) is 1.43. The number of pyridine rings is 1. The van der Waals surface area contributed by atoms with Crippen LogP contribution in [0.5, 0.6) is 0 Å². The molecule has 0 radical (unpaired) electrons. The molecule has 6 nitrogen and oxygen atoms in total. The maximum atomic E-state index is 12.6. The highest BCUT2D eigenvalue weighted by molar-refractivity contribution is 5.77. The summed E-state index contributed by atoms with van der Waals surface area (Å²) in [6.07, 6.45) is 5.00. The van der Waals surface area contributed by atoms with Crippen LogP contribution < -0.4 is 0 Å². The van der Waals surface area contributed by atoms with Crippen LogP contribution in [0.15, 0.2) is 24.5 Å². The highest BCUT2D eigenvalue weighted by atomic mass is 16.3. The summed E-state index contributed by atoms with van der Waals surface area (Å²) in [5, 5.41) is 14.7. The Morgan fingerprint density at radius 1 is 1.28 bits per heavy atom. The zero-order valence-electron chi connectivity index (χ0n) is 15.1. The van der Waals surface area contributed by atoms with E-state index in [2.05, 4.69) is 10.1 Å². The standard InChI is InChI=1S/C19H26N4O2/c1-13-17(14(2)22(3)21-13)4-5-19(25)23-11-16(18(24)12-23)10-15-6-8-20-9-7-15/h6-9,16,18,24H,4-5,10-12H2,1-3H3/t16-,18+/m1/s1. The van der Waals surface area contributed by atoms with Gasteiger partial charge in [-0.1, -0.05) is 0 Å². The number of amides is 1.